The third kappa shape index (κ3) is 4.53. The normalized spacial score (nSPS) is 15.3. The number of aromatic hydroxyl groups is 1. The number of ketones is 1. The van der Waals surface area contributed by atoms with Crippen LogP contribution < -0.4 is 5.32 Å². The summed E-state index contributed by atoms with van der Waals surface area (Å²) in [4.78, 5) is 27.1. The Balaban J connectivity index is 1.60. The van der Waals surface area contributed by atoms with Gasteiger partial charge in [0.05, 0.1) is 0 Å². The highest BCUT2D eigenvalue weighted by Crippen LogP contribution is 2.30. The number of rotatable bonds is 3. The Morgan fingerprint density at radius 1 is 1.00 bits per heavy atom. The SMILES string of the molecule is CC(C)(C)c1ccccc1NC(=O)N1CCC(C(=O)c2ccc(O)cc2)CC1. The van der Waals surface area contributed by atoms with Gasteiger partial charge in [-0.1, -0.05) is 39.0 Å². The fourth-order valence-electron chi connectivity index (χ4n) is 3.65. The van der Waals surface area contributed by atoms with Gasteiger partial charge in [-0.2, -0.15) is 0 Å². The van der Waals surface area contributed by atoms with Crippen LogP contribution in [-0.4, -0.2) is 34.9 Å². The largest absolute Gasteiger partial charge is 0.508 e. The standard InChI is InChI=1S/C23H28N2O3/c1-23(2,3)19-6-4-5-7-20(19)24-22(28)25-14-12-17(13-15-25)21(27)16-8-10-18(26)11-9-16/h4-11,17,26H,12-15H2,1-3H3,(H,24,28). The third-order valence-electron chi connectivity index (χ3n) is 5.28. The number of hydrogen-bond acceptors (Lipinski definition) is 3. The second-order valence-corrected chi connectivity index (χ2v) is 8.40. The molecule has 5 heteroatoms. The van der Waals surface area contributed by atoms with Crippen molar-refractivity contribution in [2.24, 2.45) is 5.92 Å². The lowest BCUT2D eigenvalue weighted by Crippen LogP contribution is -2.42. The Bertz CT molecular complexity index is 845. The van der Waals surface area contributed by atoms with Crippen molar-refractivity contribution in [2.45, 2.75) is 39.0 Å². The van der Waals surface area contributed by atoms with Gasteiger partial charge in [-0.3, -0.25) is 4.79 Å². The molecule has 0 saturated carbocycles. The molecule has 0 aromatic heterocycles. The first kappa shape index (κ1) is 19.9. The molecule has 1 aliphatic rings. The highest BCUT2D eigenvalue weighted by Gasteiger charge is 2.28. The molecule has 0 radical (unpaired) electrons. The van der Waals surface area contributed by atoms with Gasteiger partial charge in [0.25, 0.3) is 0 Å². The molecule has 2 aromatic carbocycles. The minimum atomic E-state index is -0.118. The van der Waals surface area contributed by atoms with Crippen LogP contribution in [0.25, 0.3) is 0 Å². The monoisotopic (exact) mass is 380 g/mol. The van der Waals surface area contributed by atoms with Gasteiger partial charge in [0.2, 0.25) is 0 Å². The highest BCUT2D eigenvalue weighted by molar-refractivity contribution is 5.98. The number of Topliss-reactive ketones (excluding diaryl/α,β-unsaturated/α-hetero) is 1. The summed E-state index contributed by atoms with van der Waals surface area (Å²) in [6.45, 7) is 7.48. The van der Waals surface area contributed by atoms with Gasteiger partial charge in [-0.25, -0.2) is 4.79 Å². The molecule has 0 bridgehead atoms. The number of para-hydroxylation sites is 1. The molecule has 2 amide bonds. The predicted molar refractivity (Wildman–Crippen MR) is 111 cm³/mol. The van der Waals surface area contributed by atoms with Gasteiger partial charge in [-0.05, 0) is 54.2 Å². The molecular weight excluding hydrogens is 352 g/mol. The van der Waals surface area contributed by atoms with E-state index in [2.05, 4.69) is 26.1 Å². The van der Waals surface area contributed by atoms with E-state index in [0.717, 1.165) is 11.3 Å². The van der Waals surface area contributed by atoms with Gasteiger partial charge in [0.15, 0.2) is 5.78 Å². The Hall–Kier alpha value is -2.82. The fourth-order valence-corrected chi connectivity index (χ4v) is 3.65. The van der Waals surface area contributed by atoms with Crippen LogP contribution in [0.4, 0.5) is 10.5 Å². The van der Waals surface area contributed by atoms with E-state index in [1.165, 1.54) is 12.1 Å². The van der Waals surface area contributed by atoms with Gasteiger partial charge in [-0.15, -0.1) is 0 Å². The van der Waals surface area contributed by atoms with E-state index in [0.29, 0.717) is 31.5 Å². The summed E-state index contributed by atoms with van der Waals surface area (Å²) in [7, 11) is 0. The number of hydrogen-bond donors (Lipinski definition) is 2. The second-order valence-electron chi connectivity index (χ2n) is 8.40. The molecule has 148 valence electrons. The zero-order valence-corrected chi connectivity index (χ0v) is 16.7. The predicted octanol–water partition coefficient (Wildman–Crippen LogP) is 4.82. The van der Waals surface area contributed by atoms with Crippen LogP contribution in [0, 0.1) is 5.92 Å². The molecule has 0 atom stereocenters. The van der Waals surface area contributed by atoms with Crippen molar-refractivity contribution in [1.82, 2.24) is 4.90 Å². The van der Waals surface area contributed by atoms with Crippen molar-refractivity contribution in [3.63, 3.8) is 0 Å². The van der Waals surface area contributed by atoms with E-state index in [1.54, 1.807) is 17.0 Å². The highest BCUT2D eigenvalue weighted by atomic mass is 16.3. The number of phenols is 1. The Kier molecular flexibility index (Phi) is 5.73. The number of carbonyl (C=O) groups is 2. The molecule has 1 aliphatic heterocycles. The molecule has 2 N–H and O–H groups in total. The molecule has 1 fully saturated rings. The lowest BCUT2D eigenvalue weighted by molar-refractivity contribution is 0.0859. The summed E-state index contributed by atoms with van der Waals surface area (Å²) in [5.74, 6) is 0.146. The quantitative estimate of drug-likeness (QED) is 0.750. The molecule has 0 aliphatic carbocycles. The van der Waals surface area contributed by atoms with Crippen LogP contribution in [0.2, 0.25) is 0 Å². The van der Waals surface area contributed by atoms with E-state index in [1.807, 2.05) is 24.3 Å². The molecule has 3 rings (SSSR count). The van der Waals surface area contributed by atoms with Crippen LogP contribution in [0.3, 0.4) is 0 Å². The number of amides is 2. The number of phenolic OH excluding ortho intramolecular Hbond substituents is 1. The molecule has 1 saturated heterocycles. The van der Waals surface area contributed by atoms with E-state index in [-0.39, 0.29) is 28.9 Å². The lowest BCUT2D eigenvalue weighted by atomic mass is 9.86. The van der Waals surface area contributed by atoms with E-state index in [9.17, 15) is 14.7 Å². The summed E-state index contributed by atoms with van der Waals surface area (Å²) in [6, 6.07) is 14.1. The maximum Gasteiger partial charge on any atom is 0.321 e. The maximum absolute atomic E-state index is 12.7. The smallest absolute Gasteiger partial charge is 0.321 e. The zero-order valence-electron chi connectivity index (χ0n) is 16.7. The Morgan fingerprint density at radius 2 is 1.61 bits per heavy atom. The number of likely N-dealkylation sites (tertiary alicyclic amines) is 1. The van der Waals surface area contributed by atoms with E-state index >= 15 is 0 Å². The molecule has 0 unspecified atom stereocenters. The van der Waals surface area contributed by atoms with Gasteiger partial charge in [0, 0.05) is 30.3 Å². The summed E-state index contributed by atoms with van der Waals surface area (Å²) < 4.78 is 0. The summed E-state index contributed by atoms with van der Waals surface area (Å²) in [5.41, 5.74) is 2.48. The first-order valence-electron chi connectivity index (χ1n) is 9.74. The van der Waals surface area contributed by atoms with Crippen molar-refractivity contribution in [3.05, 3.63) is 59.7 Å². The minimum absolute atomic E-state index is 0.0621. The molecule has 1 heterocycles. The van der Waals surface area contributed by atoms with Crippen LogP contribution >= 0.6 is 0 Å². The Morgan fingerprint density at radius 3 is 2.21 bits per heavy atom. The first-order valence-corrected chi connectivity index (χ1v) is 9.74. The molecule has 5 nitrogen and oxygen atoms in total. The zero-order chi connectivity index (χ0) is 20.3. The van der Waals surface area contributed by atoms with E-state index < -0.39 is 0 Å². The number of benzene rings is 2. The average molecular weight is 380 g/mol. The van der Waals surface area contributed by atoms with Gasteiger partial charge in [0.1, 0.15) is 5.75 Å². The van der Waals surface area contributed by atoms with Crippen LogP contribution in [-0.2, 0) is 5.41 Å². The van der Waals surface area contributed by atoms with Crippen molar-refractivity contribution >= 4 is 17.5 Å². The maximum atomic E-state index is 12.7. The molecule has 2 aromatic rings. The van der Waals surface area contributed by atoms with Crippen molar-refractivity contribution in [1.29, 1.82) is 0 Å². The molecule has 28 heavy (non-hydrogen) atoms. The van der Waals surface area contributed by atoms with Crippen molar-refractivity contribution in [2.75, 3.05) is 18.4 Å². The summed E-state index contributed by atoms with van der Waals surface area (Å²) in [5, 5.41) is 12.4. The molecular formula is C23H28N2O3. The summed E-state index contributed by atoms with van der Waals surface area (Å²) >= 11 is 0. The average Bonchev–Trinajstić information content (AvgIpc) is 2.68. The first-order chi connectivity index (χ1) is 13.3. The van der Waals surface area contributed by atoms with Crippen LogP contribution in [0.5, 0.6) is 5.75 Å². The van der Waals surface area contributed by atoms with Gasteiger partial charge < -0.3 is 15.3 Å². The number of urea groups is 1. The number of piperidine rings is 1. The van der Waals surface area contributed by atoms with E-state index in [4.69, 9.17) is 0 Å². The summed E-state index contributed by atoms with van der Waals surface area (Å²) in [6.07, 6.45) is 1.29. The van der Waals surface area contributed by atoms with Crippen molar-refractivity contribution in [3.8, 4) is 5.75 Å². The molecule has 0 spiro atoms. The number of nitrogens with zero attached hydrogens (tertiary/aromatic N) is 1. The number of carbonyl (C=O) groups excluding carboxylic acids is 2. The minimum Gasteiger partial charge on any atom is -0.508 e. The van der Waals surface area contributed by atoms with Gasteiger partial charge >= 0.3 is 6.03 Å². The third-order valence-corrected chi connectivity index (χ3v) is 5.28. The number of anilines is 1. The second kappa shape index (κ2) is 8.05. The number of nitrogens with one attached hydrogen (secondary N) is 1. The van der Waals surface area contributed by atoms with Crippen LogP contribution in [0.15, 0.2) is 48.5 Å². The fraction of sp³-hybridized carbons (Fsp3) is 0.391. The lowest BCUT2D eigenvalue weighted by Gasteiger charge is -2.32. The topological polar surface area (TPSA) is 69.6 Å². The Labute approximate surface area is 166 Å². The van der Waals surface area contributed by atoms with Crippen molar-refractivity contribution < 1.29 is 14.7 Å². The van der Waals surface area contributed by atoms with Crippen LogP contribution in [0.1, 0.15) is 49.5 Å².